The third kappa shape index (κ3) is 5.57. The summed E-state index contributed by atoms with van der Waals surface area (Å²) in [6.07, 6.45) is 3.42. The summed E-state index contributed by atoms with van der Waals surface area (Å²) in [5, 5.41) is 6.28. The van der Waals surface area contributed by atoms with E-state index in [1.165, 1.54) is 6.07 Å². The van der Waals surface area contributed by atoms with Crippen molar-refractivity contribution in [3.8, 4) is 11.3 Å². The van der Waals surface area contributed by atoms with Gasteiger partial charge in [-0.25, -0.2) is 9.37 Å². The average Bonchev–Trinajstić information content (AvgIpc) is 2.64. The van der Waals surface area contributed by atoms with E-state index in [-0.39, 0.29) is 5.82 Å². The molecule has 1 aromatic carbocycles. The maximum absolute atomic E-state index is 14.2. The first-order valence-corrected chi connectivity index (χ1v) is 9.49. The standard InChI is InChI=1S/C19H20FIN6/c1-27(2)10-9-23-19-25-17(13-5-7-22-8-6-13)12-18(26-19)24-16-4-3-14(21)11-15(16)20/h3-8,11-12H,9-10H2,1-2H3,(H2,23,24,25,26). The normalized spacial score (nSPS) is 10.9. The summed E-state index contributed by atoms with van der Waals surface area (Å²) < 4.78 is 15.0. The van der Waals surface area contributed by atoms with Crippen LogP contribution in [0.15, 0.2) is 48.8 Å². The van der Waals surface area contributed by atoms with Crippen LogP contribution in [0, 0.1) is 9.39 Å². The molecule has 0 atom stereocenters. The highest BCUT2D eigenvalue weighted by Crippen LogP contribution is 2.25. The largest absolute Gasteiger partial charge is 0.353 e. The van der Waals surface area contributed by atoms with Crippen molar-refractivity contribution >= 4 is 40.0 Å². The van der Waals surface area contributed by atoms with Crippen LogP contribution in [0.1, 0.15) is 0 Å². The van der Waals surface area contributed by atoms with Crippen molar-refractivity contribution in [1.29, 1.82) is 0 Å². The van der Waals surface area contributed by atoms with Crippen LogP contribution in [-0.4, -0.2) is 47.0 Å². The molecule has 0 fully saturated rings. The number of likely N-dealkylation sites (N-methyl/N-ethyl adjacent to an activating group) is 1. The van der Waals surface area contributed by atoms with Crippen molar-refractivity contribution < 1.29 is 4.39 Å². The van der Waals surface area contributed by atoms with E-state index in [0.29, 0.717) is 24.0 Å². The lowest BCUT2D eigenvalue weighted by atomic mass is 10.2. The second-order valence-electron chi connectivity index (χ2n) is 6.18. The third-order valence-electron chi connectivity index (χ3n) is 3.74. The zero-order chi connectivity index (χ0) is 19.2. The highest BCUT2D eigenvalue weighted by atomic mass is 127. The van der Waals surface area contributed by atoms with E-state index < -0.39 is 0 Å². The van der Waals surface area contributed by atoms with Gasteiger partial charge in [-0.1, -0.05) is 0 Å². The molecule has 0 aliphatic rings. The Balaban J connectivity index is 1.91. The predicted octanol–water partition coefficient (Wildman–Crippen LogP) is 4.00. The van der Waals surface area contributed by atoms with Gasteiger partial charge in [-0.3, -0.25) is 4.98 Å². The lowest BCUT2D eigenvalue weighted by Crippen LogP contribution is -2.21. The van der Waals surface area contributed by atoms with Crippen LogP contribution in [0.2, 0.25) is 0 Å². The summed E-state index contributed by atoms with van der Waals surface area (Å²) in [6.45, 7) is 1.54. The molecule has 2 heterocycles. The van der Waals surface area contributed by atoms with Crippen molar-refractivity contribution in [2.45, 2.75) is 0 Å². The molecule has 6 nitrogen and oxygen atoms in total. The summed E-state index contributed by atoms with van der Waals surface area (Å²) in [6, 6.07) is 10.6. The third-order valence-corrected chi connectivity index (χ3v) is 4.41. The zero-order valence-corrected chi connectivity index (χ0v) is 17.2. The Hall–Kier alpha value is -2.33. The van der Waals surface area contributed by atoms with E-state index in [1.807, 2.05) is 32.3 Å². The molecule has 0 aliphatic heterocycles. The van der Waals surface area contributed by atoms with Crippen molar-refractivity contribution in [1.82, 2.24) is 19.9 Å². The summed E-state index contributed by atoms with van der Waals surface area (Å²) in [7, 11) is 4.00. The highest BCUT2D eigenvalue weighted by molar-refractivity contribution is 14.1. The first-order valence-electron chi connectivity index (χ1n) is 8.41. The molecular weight excluding hydrogens is 458 g/mol. The van der Waals surface area contributed by atoms with Crippen molar-refractivity contribution in [2.75, 3.05) is 37.8 Å². The van der Waals surface area contributed by atoms with Crippen LogP contribution >= 0.6 is 22.6 Å². The Morgan fingerprint density at radius 3 is 2.56 bits per heavy atom. The minimum absolute atomic E-state index is 0.326. The summed E-state index contributed by atoms with van der Waals surface area (Å²) in [4.78, 5) is 15.2. The fourth-order valence-electron chi connectivity index (χ4n) is 2.38. The number of aromatic nitrogens is 3. The fourth-order valence-corrected chi connectivity index (χ4v) is 2.83. The van der Waals surface area contributed by atoms with Gasteiger partial charge in [-0.05, 0) is 67.0 Å². The van der Waals surface area contributed by atoms with Gasteiger partial charge in [0.05, 0.1) is 11.4 Å². The Labute approximate surface area is 171 Å². The fraction of sp³-hybridized carbons (Fsp3) is 0.211. The van der Waals surface area contributed by atoms with Crippen LogP contribution in [0.5, 0.6) is 0 Å². The molecule has 2 N–H and O–H groups in total. The molecule has 0 bridgehead atoms. The minimum Gasteiger partial charge on any atom is -0.353 e. The number of rotatable bonds is 7. The molecule has 0 radical (unpaired) electrons. The van der Waals surface area contributed by atoms with Gasteiger partial charge in [0.25, 0.3) is 0 Å². The molecule has 0 amide bonds. The summed E-state index contributed by atoms with van der Waals surface area (Å²) in [5.41, 5.74) is 2.01. The lowest BCUT2D eigenvalue weighted by molar-refractivity contribution is 0.425. The quantitative estimate of drug-likeness (QED) is 0.501. The van der Waals surface area contributed by atoms with Gasteiger partial charge in [0.2, 0.25) is 5.95 Å². The van der Waals surface area contributed by atoms with Gasteiger partial charge < -0.3 is 15.5 Å². The molecule has 140 valence electrons. The van der Waals surface area contributed by atoms with Gasteiger partial charge in [-0.15, -0.1) is 0 Å². The number of anilines is 3. The van der Waals surface area contributed by atoms with Crippen molar-refractivity contribution in [3.63, 3.8) is 0 Å². The number of pyridine rings is 1. The maximum atomic E-state index is 14.2. The number of halogens is 2. The number of hydrogen-bond donors (Lipinski definition) is 2. The first kappa shape index (κ1) is 19.4. The van der Waals surface area contributed by atoms with E-state index in [9.17, 15) is 4.39 Å². The SMILES string of the molecule is CN(C)CCNc1nc(Nc2ccc(I)cc2F)cc(-c2ccncc2)n1. The predicted molar refractivity (Wildman–Crippen MR) is 115 cm³/mol. The number of nitrogens with one attached hydrogen (secondary N) is 2. The van der Waals surface area contributed by atoms with Crippen LogP contribution in [0.25, 0.3) is 11.3 Å². The first-order chi connectivity index (χ1) is 13.0. The van der Waals surface area contributed by atoms with E-state index in [1.54, 1.807) is 24.5 Å². The van der Waals surface area contributed by atoms with Crippen LogP contribution < -0.4 is 10.6 Å². The van der Waals surface area contributed by atoms with E-state index in [2.05, 4.69) is 53.1 Å². The molecule has 2 aromatic heterocycles. The molecule has 0 unspecified atom stereocenters. The summed E-state index contributed by atoms with van der Waals surface area (Å²) >= 11 is 2.08. The average molecular weight is 478 g/mol. The monoisotopic (exact) mass is 478 g/mol. The van der Waals surface area contributed by atoms with Crippen molar-refractivity contribution in [3.05, 3.63) is 58.2 Å². The molecule has 8 heteroatoms. The Bertz CT molecular complexity index is 904. The van der Waals surface area contributed by atoms with Crippen molar-refractivity contribution in [2.24, 2.45) is 0 Å². The topological polar surface area (TPSA) is 66.0 Å². The van der Waals surface area contributed by atoms with Gasteiger partial charge >= 0.3 is 0 Å². The molecule has 0 spiro atoms. The minimum atomic E-state index is -0.326. The Morgan fingerprint density at radius 1 is 1.07 bits per heavy atom. The van der Waals surface area contributed by atoms with Crippen LogP contribution in [0.3, 0.4) is 0 Å². The van der Waals surface area contributed by atoms with E-state index in [4.69, 9.17) is 0 Å². The molecule has 3 rings (SSSR count). The van der Waals surface area contributed by atoms with Crippen LogP contribution in [-0.2, 0) is 0 Å². The molecule has 0 saturated carbocycles. The second kappa shape index (κ2) is 9.05. The highest BCUT2D eigenvalue weighted by Gasteiger charge is 2.09. The van der Waals surface area contributed by atoms with E-state index in [0.717, 1.165) is 21.4 Å². The Morgan fingerprint density at radius 2 is 1.85 bits per heavy atom. The molecular formula is C19H20FIN6. The smallest absolute Gasteiger partial charge is 0.225 e. The van der Waals surface area contributed by atoms with Gasteiger partial charge in [0.1, 0.15) is 11.6 Å². The van der Waals surface area contributed by atoms with E-state index >= 15 is 0 Å². The molecule has 27 heavy (non-hydrogen) atoms. The number of benzene rings is 1. The Kier molecular flexibility index (Phi) is 6.51. The maximum Gasteiger partial charge on any atom is 0.225 e. The molecule has 0 aliphatic carbocycles. The second-order valence-corrected chi connectivity index (χ2v) is 7.42. The lowest BCUT2D eigenvalue weighted by Gasteiger charge is -2.13. The molecule has 3 aromatic rings. The number of hydrogen-bond acceptors (Lipinski definition) is 6. The van der Waals surface area contributed by atoms with Gasteiger partial charge in [0.15, 0.2) is 0 Å². The van der Waals surface area contributed by atoms with Gasteiger partial charge in [-0.2, -0.15) is 4.98 Å². The summed E-state index contributed by atoms with van der Waals surface area (Å²) in [5.74, 6) is 0.678. The van der Waals surface area contributed by atoms with Crippen LogP contribution in [0.4, 0.5) is 21.8 Å². The zero-order valence-electron chi connectivity index (χ0n) is 15.1. The molecule has 0 saturated heterocycles. The van der Waals surface area contributed by atoms with Gasteiger partial charge in [0, 0.05) is 40.7 Å². The number of nitrogens with zero attached hydrogens (tertiary/aromatic N) is 4.